The average Bonchev–Trinajstić information content (AvgIpc) is 2.56. The number of alkyl halides is 1. The van der Waals surface area contributed by atoms with Crippen LogP contribution in [0.4, 0.5) is 0 Å². The molecule has 0 bridgehead atoms. The van der Waals surface area contributed by atoms with E-state index >= 15 is 0 Å². The monoisotopic (exact) mass is 229 g/mol. The molecule has 1 heterocycles. The van der Waals surface area contributed by atoms with Crippen molar-refractivity contribution in [2.24, 2.45) is 0 Å². The third-order valence-electron chi connectivity index (χ3n) is 2.34. The van der Waals surface area contributed by atoms with Crippen molar-refractivity contribution >= 4 is 11.6 Å². The molecule has 1 rings (SSSR count). The van der Waals surface area contributed by atoms with Crippen LogP contribution in [0.1, 0.15) is 52.2 Å². The van der Waals surface area contributed by atoms with E-state index < -0.39 is 0 Å². The molecule has 86 valence electrons. The first kappa shape index (κ1) is 12.5. The SMILES string of the molecule is CCCCc1nnc(CCl)n1C(C)(C)C. The molecular weight excluding hydrogens is 210 g/mol. The lowest BCUT2D eigenvalue weighted by Crippen LogP contribution is -2.26. The van der Waals surface area contributed by atoms with E-state index in [9.17, 15) is 0 Å². The maximum atomic E-state index is 5.86. The molecule has 0 unspecified atom stereocenters. The highest BCUT2D eigenvalue weighted by Crippen LogP contribution is 2.20. The Balaban J connectivity index is 3.01. The van der Waals surface area contributed by atoms with Crippen molar-refractivity contribution in [3.05, 3.63) is 11.6 Å². The van der Waals surface area contributed by atoms with E-state index in [1.165, 1.54) is 6.42 Å². The number of hydrogen-bond donors (Lipinski definition) is 0. The molecule has 0 aliphatic rings. The maximum Gasteiger partial charge on any atom is 0.148 e. The minimum absolute atomic E-state index is 0.0107. The number of nitrogens with zero attached hydrogens (tertiary/aromatic N) is 3. The lowest BCUT2D eigenvalue weighted by Gasteiger charge is -2.24. The van der Waals surface area contributed by atoms with Gasteiger partial charge in [0, 0.05) is 12.0 Å². The van der Waals surface area contributed by atoms with E-state index in [1.54, 1.807) is 0 Å². The summed E-state index contributed by atoms with van der Waals surface area (Å²) in [5, 5.41) is 8.35. The second kappa shape index (κ2) is 4.97. The molecule has 0 fully saturated rings. The van der Waals surface area contributed by atoms with Crippen LogP contribution in [-0.4, -0.2) is 14.8 Å². The first-order valence-electron chi connectivity index (χ1n) is 5.50. The van der Waals surface area contributed by atoms with E-state index in [0.29, 0.717) is 5.88 Å². The highest BCUT2D eigenvalue weighted by molar-refractivity contribution is 6.16. The number of rotatable bonds is 4. The molecular formula is C11H20ClN3. The summed E-state index contributed by atoms with van der Waals surface area (Å²) in [6.45, 7) is 8.64. The third-order valence-corrected chi connectivity index (χ3v) is 2.58. The third kappa shape index (κ3) is 2.94. The van der Waals surface area contributed by atoms with E-state index in [1.807, 2.05) is 0 Å². The Morgan fingerprint density at radius 3 is 2.27 bits per heavy atom. The number of aryl methyl sites for hydroxylation is 1. The largest absolute Gasteiger partial charge is 0.309 e. The first-order chi connectivity index (χ1) is 7.00. The summed E-state index contributed by atoms with van der Waals surface area (Å²) < 4.78 is 2.16. The van der Waals surface area contributed by atoms with Crippen LogP contribution in [-0.2, 0) is 17.8 Å². The van der Waals surface area contributed by atoms with Gasteiger partial charge in [0.25, 0.3) is 0 Å². The van der Waals surface area contributed by atoms with Crippen molar-refractivity contribution in [3.8, 4) is 0 Å². The van der Waals surface area contributed by atoms with E-state index in [-0.39, 0.29) is 5.54 Å². The topological polar surface area (TPSA) is 30.7 Å². The molecule has 0 aromatic carbocycles. The molecule has 15 heavy (non-hydrogen) atoms. The number of unbranched alkanes of at least 4 members (excludes halogenated alkanes) is 1. The van der Waals surface area contributed by atoms with Gasteiger partial charge < -0.3 is 4.57 Å². The quantitative estimate of drug-likeness (QED) is 0.743. The molecule has 4 heteroatoms. The van der Waals surface area contributed by atoms with Crippen molar-refractivity contribution in [1.82, 2.24) is 14.8 Å². The van der Waals surface area contributed by atoms with Crippen molar-refractivity contribution in [2.75, 3.05) is 0 Å². The van der Waals surface area contributed by atoms with E-state index in [2.05, 4.69) is 42.5 Å². The molecule has 3 nitrogen and oxygen atoms in total. The van der Waals surface area contributed by atoms with E-state index in [4.69, 9.17) is 11.6 Å². The smallest absolute Gasteiger partial charge is 0.148 e. The molecule has 0 amide bonds. The highest BCUT2D eigenvalue weighted by Gasteiger charge is 2.21. The van der Waals surface area contributed by atoms with Gasteiger partial charge in [-0.25, -0.2) is 0 Å². The normalized spacial score (nSPS) is 12.1. The molecule has 1 aromatic heterocycles. The minimum atomic E-state index is 0.0107. The Labute approximate surface area is 96.8 Å². The van der Waals surface area contributed by atoms with Crippen LogP contribution in [0.2, 0.25) is 0 Å². The van der Waals surface area contributed by atoms with Gasteiger partial charge in [0.15, 0.2) is 0 Å². The van der Waals surface area contributed by atoms with Crippen LogP contribution >= 0.6 is 11.6 Å². The zero-order chi connectivity index (χ0) is 11.5. The van der Waals surface area contributed by atoms with Gasteiger partial charge in [-0.05, 0) is 27.2 Å². The van der Waals surface area contributed by atoms with Crippen molar-refractivity contribution in [2.45, 2.75) is 58.4 Å². The summed E-state index contributed by atoms with van der Waals surface area (Å²) >= 11 is 5.86. The Kier molecular flexibility index (Phi) is 4.14. The maximum absolute atomic E-state index is 5.86. The predicted octanol–water partition coefficient (Wildman–Crippen LogP) is 3.11. The minimum Gasteiger partial charge on any atom is -0.309 e. The molecule has 0 atom stereocenters. The van der Waals surface area contributed by atoms with Gasteiger partial charge >= 0.3 is 0 Å². The van der Waals surface area contributed by atoms with Gasteiger partial charge in [-0.1, -0.05) is 13.3 Å². The van der Waals surface area contributed by atoms with Gasteiger partial charge in [0.2, 0.25) is 0 Å². The zero-order valence-electron chi connectivity index (χ0n) is 10.0. The van der Waals surface area contributed by atoms with Gasteiger partial charge in [0.1, 0.15) is 11.6 Å². The van der Waals surface area contributed by atoms with Crippen molar-refractivity contribution < 1.29 is 0 Å². The fourth-order valence-corrected chi connectivity index (χ4v) is 1.88. The molecule has 0 saturated heterocycles. The van der Waals surface area contributed by atoms with Crippen LogP contribution in [0.25, 0.3) is 0 Å². The number of hydrogen-bond acceptors (Lipinski definition) is 2. The van der Waals surface area contributed by atoms with Crippen molar-refractivity contribution in [1.29, 1.82) is 0 Å². The number of halogens is 1. The Hall–Kier alpha value is -0.570. The second-order valence-electron chi connectivity index (χ2n) is 4.78. The lowest BCUT2D eigenvalue weighted by atomic mass is 10.1. The molecule has 0 saturated carbocycles. The molecule has 0 radical (unpaired) electrons. The first-order valence-corrected chi connectivity index (χ1v) is 6.03. The summed E-state index contributed by atoms with van der Waals surface area (Å²) in [6.07, 6.45) is 3.31. The molecule has 0 aliphatic heterocycles. The van der Waals surface area contributed by atoms with Crippen LogP contribution < -0.4 is 0 Å². The van der Waals surface area contributed by atoms with Crippen LogP contribution in [0.5, 0.6) is 0 Å². The Bertz CT molecular complexity index is 312. The lowest BCUT2D eigenvalue weighted by molar-refractivity contribution is 0.371. The van der Waals surface area contributed by atoms with Gasteiger partial charge in [-0.15, -0.1) is 21.8 Å². The summed E-state index contributed by atoms with van der Waals surface area (Å²) in [7, 11) is 0. The van der Waals surface area contributed by atoms with Crippen molar-refractivity contribution in [3.63, 3.8) is 0 Å². The van der Waals surface area contributed by atoms with Gasteiger partial charge in [0.05, 0.1) is 5.88 Å². The highest BCUT2D eigenvalue weighted by atomic mass is 35.5. The molecule has 0 N–H and O–H groups in total. The summed E-state index contributed by atoms with van der Waals surface area (Å²) in [4.78, 5) is 0. The molecule has 0 spiro atoms. The Morgan fingerprint density at radius 1 is 1.20 bits per heavy atom. The standard InChI is InChI=1S/C11H20ClN3/c1-5-6-7-9-13-14-10(8-12)15(9)11(2,3)4/h5-8H2,1-4H3. The van der Waals surface area contributed by atoms with Crippen LogP contribution in [0.15, 0.2) is 0 Å². The Morgan fingerprint density at radius 2 is 1.80 bits per heavy atom. The fourth-order valence-electron chi connectivity index (χ4n) is 1.71. The number of aromatic nitrogens is 3. The summed E-state index contributed by atoms with van der Waals surface area (Å²) in [5.41, 5.74) is 0.0107. The average molecular weight is 230 g/mol. The predicted molar refractivity (Wildman–Crippen MR) is 63.2 cm³/mol. The molecule has 0 aliphatic carbocycles. The van der Waals surface area contributed by atoms with Gasteiger partial charge in [-0.3, -0.25) is 0 Å². The zero-order valence-corrected chi connectivity index (χ0v) is 10.8. The molecule has 1 aromatic rings. The summed E-state index contributed by atoms with van der Waals surface area (Å²) in [5.74, 6) is 2.35. The second-order valence-corrected chi connectivity index (χ2v) is 5.04. The van der Waals surface area contributed by atoms with Crippen LogP contribution in [0.3, 0.4) is 0 Å². The van der Waals surface area contributed by atoms with E-state index in [0.717, 1.165) is 24.5 Å². The fraction of sp³-hybridized carbons (Fsp3) is 0.818. The van der Waals surface area contributed by atoms with Gasteiger partial charge in [-0.2, -0.15) is 0 Å². The van der Waals surface area contributed by atoms with Crippen LogP contribution in [0, 0.1) is 0 Å². The summed E-state index contributed by atoms with van der Waals surface area (Å²) in [6, 6.07) is 0.